The van der Waals surface area contributed by atoms with Gasteiger partial charge in [-0.3, -0.25) is 4.68 Å². The fraction of sp³-hybridized carbons (Fsp3) is 0.526. The van der Waals surface area contributed by atoms with Crippen LogP contribution in [-0.2, 0) is 23.1 Å². The van der Waals surface area contributed by atoms with Gasteiger partial charge in [-0.15, -0.1) is 12.4 Å². The Morgan fingerprint density at radius 3 is 2.37 bits per heavy atom. The summed E-state index contributed by atoms with van der Waals surface area (Å²) in [5.74, 6) is 0.390. The smallest absolute Gasteiger partial charge is 0.247 e. The molecule has 2 N–H and O–H groups in total. The van der Waals surface area contributed by atoms with Crippen molar-refractivity contribution in [2.75, 3.05) is 13.1 Å². The molecule has 0 saturated carbocycles. The third kappa shape index (κ3) is 5.78. The van der Waals surface area contributed by atoms with Gasteiger partial charge in [0.15, 0.2) is 0 Å². The molecule has 0 amide bonds. The van der Waals surface area contributed by atoms with Crippen molar-refractivity contribution in [3.05, 3.63) is 47.3 Å². The number of nitrogens with zero attached hydrogens (tertiary/aromatic N) is 3. The van der Waals surface area contributed by atoms with Crippen molar-refractivity contribution in [1.29, 1.82) is 0 Å². The maximum Gasteiger partial charge on any atom is 0.247 e. The van der Waals surface area contributed by atoms with Gasteiger partial charge in [-0.1, -0.05) is 44.2 Å². The lowest BCUT2D eigenvalue weighted by Crippen LogP contribution is -2.33. The summed E-state index contributed by atoms with van der Waals surface area (Å²) in [5, 5.41) is 4.47. The average Bonchev–Trinajstić information content (AvgIpc) is 2.85. The van der Waals surface area contributed by atoms with Gasteiger partial charge < -0.3 is 5.73 Å². The van der Waals surface area contributed by atoms with Gasteiger partial charge in [-0.25, -0.2) is 8.42 Å². The third-order valence-corrected chi connectivity index (χ3v) is 6.36. The van der Waals surface area contributed by atoms with E-state index in [1.165, 1.54) is 4.31 Å². The standard InChI is InChI=1S/C19H30N4O2S.ClH/c1-15(2)13-23-17(4)19(16(3)21-23)26(24,25)22(12-8-11-20)14-18-9-6-5-7-10-18;/h5-7,9-10,15H,8,11-14,20H2,1-4H3;1H. The number of rotatable bonds is 9. The van der Waals surface area contributed by atoms with E-state index in [0.29, 0.717) is 54.8 Å². The summed E-state index contributed by atoms with van der Waals surface area (Å²) in [6.07, 6.45) is 0.615. The molecule has 0 atom stereocenters. The van der Waals surface area contributed by atoms with E-state index < -0.39 is 10.0 Å². The summed E-state index contributed by atoms with van der Waals surface area (Å²) >= 11 is 0. The zero-order valence-electron chi connectivity index (χ0n) is 16.6. The summed E-state index contributed by atoms with van der Waals surface area (Å²) in [4.78, 5) is 0.325. The van der Waals surface area contributed by atoms with Crippen LogP contribution in [0.1, 0.15) is 37.2 Å². The van der Waals surface area contributed by atoms with Crippen LogP contribution in [0.15, 0.2) is 35.2 Å². The zero-order chi connectivity index (χ0) is 19.3. The van der Waals surface area contributed by atoms with Crippen LogP contribution in [0.5, 0.6) is 0 Å². The number of aromatic nitrogens is 2. The third-order valence-electron chi connectivity index (χ3n) is 4.26. The number of benzene rings is 1. The van der Waals surface area contributed by atoms with Crippen LogP contribution in [0, 0.1) is 19.8 Å². The molecule has 27 heavy (non-hydrogen) atoms. The number of sulfonamides is 1. The second-order valence-electron chi connectivity index (χ2n) is 7.04. The monoisotopic (exact) mass is 414 g/mol. The van der Waals surface area contributed by atoms with Gasteiger partial charge in [0.25, 0.3) is 0 Å². The van der Waals surface area contributed by atoms with E-state index in [0.717, 1.165) is 5.56 Å². The SMILES string of the molecule is Cc1nn(CC(C)C)c(C)c1S(=O)(=O)N(CCCN)Cc1ccccc1.Cl. The van der Waals surface area contributed by atoms with Gasteiger partial charge in [0.2, 0.25) is 10.0 Å². The lowest BCUT2D eigenvalue weighted by atomic mass is 10.2. The molecule has 0 aliphatic heterocycles. The van der Waals surface area contributed by atoms with E-state index in [9.17, 15) is 8.42 Å². The first kappa shape index (κ1) is 23.6. The largest absolute Gasteiger partial charge is 0.330 e. The maximum atomic E-state index is 13.4. The van der Waals surface area contributed by atoms with Crippen LogP contribution in [-0.4, -0.2) is 35.6 Å². The van der Waals surface area contributed by atoms with Crippen LogP contribution in [0.25, 0.3) is 0 Å². The van der Waals surface area contributed by atoms with Crippen molar-refractivity contribution >= 4 is 22.4 Å². The predicted octanol–water partition coefficient (Wildman–Crippen LogP) is 3.12. The average molecular weight is 415 g/mol. The van der Waals surface area contributed by atoms with Gasteiger partial charge in [0.05, 0.1) is 11.4 Å². The van der Waals surface area contributed by atoms with Gasteiger partial charge in [0, 0.05) is 19.6 Å². The summed E-state index contributed by atoms with van der Waals surface area (Å²) in [6.45, 7) is 9.65. The van der Waals surface area contributed by atoms with Crippen LogP contribution >= 0.6 is 12.4 Å². The maximum absolute atomic E-state index is 13.4. The molecule has 0 spiro atoms. The van der Waals surface area contributed by atoms with E-state index in [2.05, 4.69) is 18.9 Å². The molecule has 0 bridgehead atoms. The second kappa shape index (κ2) is 10.2. The number of nitrogens with two attached hydrogens (primary N) is 1. The first-order chi connectivity index (χ1) is 12.3. The quantitative estimate of drug-likeness (QED) is 0.683. The Bertz CT molecular complexity index is 820. The first-order valence-electron chi connectivity index (χ1n) is 9.05. The van der Waals surface area contributed by atoms with Crippen molar-refractivity contribution in [1.82, 2.24) is 14.1 Å². The second-order valence-corrected chi connectivity index (χ2v) is 8.92. The molecule has 0 unspecified atom stereocenters. The van der Waals surface area contributed by atoms with Crippen molar-refractivity contribution in [2.45, 2.75) is 52.1 Å². The number of aryl methyl sites for hydroxylation is 1. The van der Waals surface area contributed by atoms with Crippen molar-refractivity contribution < 1.29 is 8.42 Å². The summed E-state index contributed by atoms with van der Waals surface area (Å²) in [6, 6.07) is 9.63. The number of halogens is 1. The molecule has 0 radical (unpaired) electrons. The predicted molar refractivity (Wildman–Crippen MR) is 111 cm³/mol. The minimum absolute atomic E-state index is 0. The fourth-order valence-electron chi connectivity index (χ4n) is 3.05. The normalized spacial score (nSPS) is 11.8. The molecule has 8 heteroatoms. The highest BCUT2D eigenvalue weighted by atomic mass is 35.5. The lowest BCUT2D eigenvalue weighted by molar-refractivity contribution is 0.401. The molecular formula is C19H31ClN4O2S. The van der Waals surface area contributed by atoms with Crippen LogP contribution in [0.2, 0.25) is 0 Å². The number of hydrogen-bond acceptors (Lipinski definition) is 4. The molecule has 6 nitrogen and oxygen atoms in total. The molecule has 0 saturated heterocycles. The molecule has 1 aromatic heterocycles. The van der Waals surface area contributed by atoms with E-state index in [4.69, 9.17) is 5.73 Å². The summed E-state index contributed by atoms with van der Waals surface area (Å²) < 4.78 is 30.2. The molecule has 0 aliphatic rings. The molecule has 152 valence electrons. The Balaban J connectivity index is 0.00000364. The molecule has 1 heterocycles. The van der Waals surface area contributed by atoms with Gasteiger partial charge in [0.1, 0.15) is 4.90 Å². The summed E-state index contributed by atoms with van der Waals surface area (Å²) in [5.41, 5.74) is 7.84. The van der Waals surface area contributed by atoms with Crippen LogP contribution in [0.3, 0.4) is 0 Å². The highest BCUT2D eigenvalue weighted by molar-refractivity contribution is 7.89. The van der Waals surface area contributed by atoms with Crippen molar-refractivity contribution in [2.24, 2.45) is 11.7 Å². The Labute approximate surface area is 169 Å². The highest BCUT2D eigenvalue weighted by Crippen LogP contribution is 2.25. The fourth-order valence-corrected chi connectivity index (χ4v) is 4.88. The molecule has 1 aromatic carbocycles. The van der Waals surface area contributed by atoms with E-state index in [1.54, 1.807) is 11.6 Å². The van der Waals surface area contributed by atoms with Gasteiger partial charge >= 0.3 is 0 Å². The van der Waals surface area contributed by atoms with E-state index in [-0.39, 0.29) is 12.4 Å². The molecular weight excluding hydrogens is 384 g/mol. The molecule has 2 aromatic rings. The van der Waals surface area contributed by atoms with E-state index in [1.807, 2.05) is 37.3 Å². The number of hydrogen-bond donors (Lipinski definition) is 1. The van der Waals surface area contributed by atoms with Crippen molar-refractivity contribution in [3.8, 4) is 0 Å². The topological polar surface area (TPSA) is 81.2 Å². The lowest BCUT2D eigenvalue weighted by Gasteiger charge is -2.22. The van der Waals surface area contributed by atoms with Gasteiger partial charge in [-0.05, 0) is 38.3 Å². The van der Waals surface area contributed by atoms with E-state index >= 15 is 0 Å². The Morgan fingerprint density at radius 1 is 1.19 bits per heavy atom. The minimum atomic E-state index is -3.65. The Kier molecular flexibility index (Phi) is 8.94. The highest BCUT2D eigenvalue weighted by Gasteiger charge is 2.30. The molecule has 2 rings (SSSR count). The molecule has 0 fully saturated rings. The van der Waals surface area contributed by atoms with Crippen LogP contribution < -0.4 is 5.73 Å². The van der Waals surface area contributed by atoms with Crippen molar-refractivity contribution in [3.63, 3.8) is 0 Å². The Morgan fingerprint density at radius 2 is 1.81 bits per heavy atom. The first-order valence-corrected chi connectivity index (χ1v) is 10.5. The molecule has 0 aliphatic carbocycles. The Hall–Kier alpha value is -1.41. The summed E-state index contributed by atoms with van der Waals surface area (Å²) in [7, 11) is -3.65. The minimum Gasteiger partial charge on any atom is -0.330 e. The zero-order valence-corrected chi connectivity index (χ0v) is 18.2. The van der Waals surface area contributed by atoms with Gasteiger partial charge in [-0.2, -0.15) is 9.40 Å². The van der Waals surface area contributed by atoms with Crippen LogP contribution in [0.4, 0.5) is 0 Å².